The molecule has 1 saturated heterocycles. The number of H-pyrrole nitrogens is 1. The van der Waals surface area contributed by atoms with Gasteiger partial charge in [0, 0.05) is 12.8 Å². The number of pyridine rings is 1. The molecule has 2 atom stereocenters. The van der Waals surface area contributed by atoms with Gasteiger partial charge in [0.15, 0.2) is 11.5 Å². The Kier molecular flexibility index (Phi) is 4.90. The van der Waals surface area contributed by atoms with Crippen LogP contribution in [-0.2, 0) is 16.1 Å². The van der Waals surface area contributed by atoms with Gasteiger partial charge in [-0.15, -0.1) is 0 Å². The third-order valence-electron chi connectivity index (χ3n) is 4.39. The maximum absolute atomic E-state index is 12.6. The maximum atomic E-state index is 12.6. The molecular formula is C19H20N4O3. The first kappa shape index (κ1) is 16.7. The van der Waals surface area contributed by atoms with E-state index >= 15 is 0 Å². The molecule has 26 heavy (non-hydrogen) atoms. The van der Waals surface area contributed by atoms with Crippen LogP contribution >= 0.6 is 0 Å². The van der Waals surface area contributed by atoms with E-state index in [9.17, 15) is 4.79 Å². The van der Waals surface area contributed by atoms with Crippen LogP contribution in [0.15, 0.2) is 48.7 Å². The molecule has 3 aromatic rings. The number of aromatic amines is 1. The normalized spacial score (nSPS) is 20.2. The minimum absolute atomic E-state index is 0.101. The summed E-state index contributed by atoms with van der Waals surface area (Å²) in [7, 11) is 0. The number of nitrogens with one attached hydrogen (secondary N) is 2. The smallest absolute Gasteiger partial charge is 0.287 e. The van der Waals surface area contributed by atoms with Gasteiger partial charge >= 0.3 is 0 Å². The number of amides is 1. The molecule has 0 radical (unpaired) electrons. The molecule has 4 rings (SSSR count). The van der Waals surface area contributed by atoms with Gasteiger partial charge in [-0.2, -0.15) is 0 Å². The number of nitrogens with zero attached hydrogens (tertiary/aromatic N) is 2. The van der Waals surface area contributed by atoms with Gasteiger partial charge in [0.05, 0.1) is 30.9 Å². The molecule has 7 heteroatoms. The number of aromatic nitrogens is 3. The molecule has 1 fully saturated rings. The van der Waals surface area contributed by atoms with Gasteiger partial charge in [0.25, 0.3) is 5.91 Å². The second-order valence-electron chi connectivity index (χ2n) is 6.24. The zero-order chi connectivity index (χ0) is 17.8. The summed E-state index contributed by atoms with van der Waals surface area (Å²) < 4.78 is 11.6. The minimum Gasteiger partial charge on any atom is -0.379 e. The molecule has 0 unspecified atom stereocenters. The van der Waals surface area contributed by atoms with Crippen molar-refractivity contribution in [1.29, 1.82) is 0 Å². The van der Waals surface area contributed by atoms with E-state index < -0.39 is 0 Å². The predicted octanol–water partition coefficient (Wildman–Crippen LogP) is 2.06. The number of hydrogen-bond donors (Lipinski definition) is 2. The molecule has 3 heterocycles. The molecule has 0 aliphatic carbocycles. The van der Waals surface area contributed by atoms with Crippen molar-refractivity contribution in [2.45, 2.75) is 25.2 Å². The first-order chi connectivity index (χ1) is 12.8. The average Bonchev–Trinajstić information content (AvgIpc) is 3.12. The highest BCUT2D eigenvalue weighted by Crippen LogP contribution is 2.15. The number of hydrogen-bond acceptors (Lipinski definition) is 5. The SMILES string of the molecule is O=C(N[C@@H]1COCC[C@@H]1OCc1ccccc1)c1nc2ncccc2[nH]1. The summed E-state index contributed by atoms with van der Waals surface area (Å²) in [6.45, 7) is 1.55. The molecule has 0 saturated carbocycles. The summed E-state index contributed by atoms with van der Waals surface area (Å²) in [6.07, 6.45) is 2.28. The van der Waals surface area contributed by atoms with E-state index in [1.807, 2.05) is 36.4 Å². The third-order valence-corrected chi connectivity index (χ3v) is 4.39. The summed E-state index contributed by atoms with van der Waals surface area (Å²) in [4.78, 5) is 23.9. The van der Waals surface area contributed by atoms with Crippen molar-refractivity contribution in [2.24, 2.45) is 0 Å². The van der Waals surface area contributed by atoms with E-state index in [1.165, 1.54) is 0 Å². The van der Waals surface area contributed by atoms with Crippen LogP contribution in [-0.4, -0.2) is 46.2 Å². The van der Waals surface area contributed by atoms with Crippen LogP contribution in [0.25, 0.3) is 11.2 Å². The molecule has 2 aromatic heterocycles. The van der Waals surface area contributed by atoms with Gasteiger partial charge in [-0.3, -0.25) is 4.79 Å². The van der Waals surface area contributed by atoms with Gasteiger partial charge in [-0.25, -0.2) is 9.97 Å². The van der Waals surface area contributed by atoms with Crippen molar-refractivity contribution in [1.82, 2.24) is 20.3 Å². The van der Waals surface area contributed by atoms with E-state index in [2.05, 4.69) is 20.3 Å². The van der Waals surface area contributed by atoms with Crippen LogP contribution in [0.3, 0.4) is 0 Å². The zero-order valence-electron chi connectivity index (χ0n) is 14.2. The molecule has 0 bridgehead atoms. The Morgan fingerprint density at radius 3 is 3.00 bits per heavy atom. The van der Waals surface area contributed by atoms with Crippen molar-refractivity contribution in [3.8, 4) is 0 Å². The van der Waals surface area contributed by atoms with E-state index in [4.69, 9.17) is 9.47 Å². The fraction of sp³-hybridized carbons (Fsp3) is 0.316. The minimum atomic E-state index is -0.285. The number of imidazole rings is 1. The Hall–Kier alpha value is -2.77. The number of fused-ring (bicyclic) bond motifs is 1. The van der Waals surface area contributed by atoms with Gasteiger partial charge in [-0.1, -0.05) is 30.3 Å². The molecule has 134 valence electrons. The van der Waals surface area contributed by atoms with Crippen molar-refractivity contribution in [2.75, 3.05) is 13.2 Å². The number of benzene rings is 1. The Bertz CT molecular complexity index is 848. The van der Waals surface area contributed by atoms with Gasteiger partial charge in [0.1, 0.15) is 0 Å². The van der Waals surface area contributed by atoms with Crippen LogP contribution in [0, 0.1) is 0 Å². The molecule has 1 aromatic carbocycles. The van der Waals surface area contributed by atoms with Crippen LogP contribution in [0.4, 0.5) is 0 Å². The van der Waals surface area contributed by atoms with Crippen molar-refractivity contribution in [3.05, 3.63) is 60.0 Å². The average molecular weight is 352 g/mol. The topological polar surface area (TPSA) is 89.1 Å². The summed E-state index contributed by atoms with van der Waals surface area (Å²) in [5.41, 5.74) is 2.36. The second-order valence-corrected chi connectivity index (χ2v) is 6.24. The van der Waals surface area contributed by atoms with Crippen molar-refractivity contribution in [3.63, 3.8) is 0 Å². The van der Waals surface area contributed by atoms with Crippen LogP contribution in [0.2, 0.25) is 0 Å². The lowest BCUT2D eigenvalue weighted by atomic mass is 10.1. The fourth-order valence-corrected chi connectivity index (χ4v) is 3.02. The second kappa shape index (κ2) is 7.63. The summed E-state index contributed by atoms with van der Waals surface area (Å²) >= 11 is 0. The highest BCUT2D eigenvalue weighted by Gasteiger charge is 2.29. The largest absolute Gasteiger partial charge is 0.379 e. The summed E-state index contributed by atoms with van der Waals surface area (Å²) in [5.74, 6) is -0.0436. The van der Waals surface area contributed by atoms with Crippen LogP contribution in [0.1, 0.15) is 22.6 Å². The van der Waals surface area contributed by atoms with E-state index in [0.29, 0.717) is 25.5 Å². The van der Waals surface area contributed by atoms with Gasteiger partial charge in [0.2, 0.25) is 0 Å². The molecule has 0 spiro atoms. The Balaban J connectivity index is 1.41. The Morgan fingerprint density at radius 1 is 1.27 bits per heavy atom. The maximum Gasteiger partial charge on any atom is 0.287 e. The van der Waals surface area contributed by atoms with Crippen molar-refractivity contribution >= 4 is 17.1 Å². The van der Waals surface area contributed by atoms with E-state index in [0.717, 1.165) is 17.5 Å². The highest BCUT2D eigenvalue weighted by molar-refractivity contribution is 5.93. The quantitative estimate of drug-likeness (QED) is 0.734. The Labute approximate surface area is 150 Å². The highest BCUT2D eigenvalue weighted by atomic mass is 16.5. The molecule has 1 amide bonds. The number of carbonyl (C=O) groups is 1. The first-order valence-corrected chi connectivity index (χ1v) is 8.64. The van der Waals surface area contributed by atoms with Gasteiger partial charge < -0.3 is 19.8 Å². The number of carbonyl (C=O) groups excluding carboxylic acids is 1. The molecule has 1 aliphatic rings. The van der Waals surface area contributed by atoms with E-state index in [1.54, 1.807) is 12.3 Å². The predicted molar refractivity (Wildman–Crippen MR) is 95.6 cm³/mol. The zero-order valence-corrected chi connectivity index (χ0v) is 14.2. The van der Waals surface area contributed by atoms with Gasteiger partial charge in [-0.05, 0) is 24.1 Å². The summed E-state index contributed by atoms with van der Waals surface area (Å²) in [5, 5.41) is 2.97. The first-order valence-electron chi connectivity index (χ1n) is 8.64. The fourth-order valence-electron chi connectivity index (χ4n) is 3.02. The van der Waals surface area contributed by atoms with E-state index in [-0.39, 0.29) is 23.9 Å². The third kappa shape index (κ3) is 3.74. The lowest BCUT2D eigenvalue weighted by molar-refractivity contribution is -0.0605. The van der Waals surface area contributed by atoms with Crippen LogP contribution < -0.4 is 5.32 Å². The summed E-state index contributed by atoms with van der Waals surface area (Å²) in [6, 6.07) is 13.4. The lowest BCUT2D eigenvalue weighted by Crippen LogP contribution is -2.50. The molecule has 1 aliphatic heterocycles. The molecule has 2 N–H and O–H groups in total. The van der Waals surface area contributed by atoms with Crippen molar-refractivity contribution < 1.29 is 14.3 Å². The number of ether oxygens (including phenoxy) is 2. The number of rotatable bonds is 5. The molecular weight excluding hydrogens is 332 g/mol. The van der Waals surface area contributed by atoms with Crippen LogP contribution in [0.5, 0.6) is 0 Å². The Morgan fingerprint density at radius 2 is 2.15 bits per heavy atom. The lowest BCUT2D eigenvalue weighted by Gasteiger charge is -2.31. The monoisotopic (exact) mass is 352 g/mol. The molecule has 7 nitrogen and oxygen atoms in total. The standard InChI is InChI=1S/C19H20N4O3/c24-19(18-21-14-7-4-9-20-17(14)23-18)22-15-12-25-10-8-16(15)26-11-13-5-2-1-3-6-13/h1-7,9,15-16H,8,10-12H2,(H,22,24)(H,20,21,23)/t15-,16+/m1/s1.